The van der Waals surface area contributed by atoms with E-state index in [0.717, 1.165) is 29.9 Å². The minimum absolute atomic E-state index is 0.136. The van der Waals surface area contributed by atoms with Crippen molar-refractivity contribution in [1.29, 1.82) is 0 Å². The van der Waals surface area contributed by atoms with Gasteiger partial charge in [0, 0.05) is 23.5 Å². The number of aromatic amines is 1. The van der Waals surface area contributed by atoms with Crippen molar-refractivity contribution in [3.63, 3.8) is 0 Å². The Hall–Kier alpha value is -1.56. The van der Waals surface area contributed by atoms with E-state index in [0.29, 0.717) is 10.9 Å². The molecule has 2 heterocycles. The van der Waals surface area contributed by atoms with Crippen molar-refractivity contribution in [2.45, 2.75) is 38.9 Å². The van der Waals surface area contributed by atoms with E-state index < -0.39 is 0 Å². The number of H-pyrrole nitrogens is 1. The van der Waals surface area contributed by atoms with Crippen molar-refractivity contribution < 1.29 is 4.79 Å². The number of Topliss-reactive ketones (excluding diaryl/α,β-unsaturated/α-hetero) is 1. The van der Waals surface area contributed by atoms with Crippen LogP contribution < -0.4 is 0 Å². The first kappa shape index (κ1) is 13.9. The molecule has 19 heavy (non-hydrogen) atoms. The summed E-state index contributed by atoms with van der Waals surface area (Å²) in [5.41, 5.74) is 3.02. The zero-order chi connectivity index (χ0) is 13.8. The van der Waals surface area contributed by atoms with Crippen molar-refractivity contribution in [3.05, 3.63) is 29.3 Å². The lowest BCUT2D eigenvalue weighted by molar-refractivity contribution is 0.102. The maximum atomic E-state index is 12.2. The third kappa shape index (κ3) is 3.07. The molecule has 6 heteroatoms. The van der Waals surface area contributed by atoms with Gasteiger partial charge >= 0.3 is 0 Å². The molecule has 0 fully saturated rings. The molecule has 0 saturated carbocycles. The highest BCUT2D eigenvalue weighted by Crippen LogP contribution is 2.19. The van der Waals surface area contributed by atoms with Crippen molar-refractivity contribution in [1.82, 2.24) is 19.7 Å². The summed E-state index contributed by atoms with van der Waals surface area (Å²) >= 11 is 1.38. The Morgan fingerprint density at radius 1 is 1.47 bits per heavy atom. The number of ketones is 1. The highest BCUT2D eigenvalue weighted by Gasteiger charge is 2.15. The second-order valence-corrected chi connectivity index (χ2v) is 5.40. The highest BCUT2D eigenvalue weighted by atomic mass is 32.2. The van der Waals surface area contributed by atoms with Crippen molar-refractivity contribution in [3.8, 4) is 0 Å². The van der Waals surface area contributed by atoms with Gasteiger partial charge in [-0.1, -0.05) is 18.7 Å². The van der Waals surface area contributed by atoms with Crippen LogP contribution >= 0.6 is 11.8 Å². The molecule has 0 aromatic carbocycles. The van der Waals surface area contributed by atoms with Crippen molar-refractivity contribution in [2.75, 3.05) is 5.75 Å². The Morgan fingerprint density at radius 3 is 2.89 bits per heavy atom. The summed E-state index contributed by atoms with van der Waals surface area (Å²) in [6, 6.07) is 1.98. The summed E-state index contributed by atoms with van der Waals surface area (Å²) in [7, 11) is 0. The predicted octanol–water partition coefficient (Wildman–Crippen LogP) is 2.61. The molecular formula is C13H18N4OS. The van der Waals surface area contributed by atoms with E-state index in [1.165, 1.54) is 18.1 Å². The maximum absolute atomic E-state index is 12.2. The first-order chi connectivity index (χ1) is 9.13. The van der Waals surface area contributed by atoms with E-state index in [1.807, 2.05) is 19.9 Å². The number of thioether (sulfide) groups is 1. The van der Waals surface area contributed by atoms with Crippen molar-refractivity contribution in [2.24, 2.45) is 0 Å². The first-order valence-electron chi connectivity index (χ1n) is 6.31. The van der Waals surface area contributed by atoms with Crippen LogP contribution in [0, 0.1) is 13.8 Å². The predicted molar refractivity (Wildman–Crippen MR) is 75.6 cm³/mol. The third-order valence-corrected chi connectivity index (χ3v) is 3.93. The molecule has 2 rings (SSSR count). The Morgan fingerprint density at radius 2 is 2.26 bits per heavy atom. The zero-order valence-electron chi connectivity index (χ0n) is 11.4. The fourth-order valence-electron chi connectivity index (χ4n) is 2.13. The topological polar surface area (TPSA) is 63.6 Å². The van der Waals surface area contributed by atoms with Crippen LogP contribution in [-0.4, -0.2) is 31.3 Å². The molecule has 102 valence electrons. The molecule has 0 spiro atoms. The highest BCUT2D eigenvalue weighted by molar-refractivity contribution is 7.99. The van der Waals surface area contributed by atoms with Gasteiger partial charge in [-0.05, 0) is 26.3 Å². The lowest BCUT2D eigenvalue weighted by atomic mass is 10.2. The van der Waals surface area contributed by atoms with Gasteiger partial charge in [-0.25, -0.2) is 4.98 Å². The minimum Gasteiger partial charge on any atom is -0.348 e. The fourth-order valence-corrected chi connectivity index (χ4v) is 2.79. The molecule has 2 aromatic heterocycles. The Balaban J connectivity index is 2.08. The normalized spacial score (nSPS) is 10.9. The first-order valence-corrected chi connectivity index (χ1v) is 7.30. The van der Waals surface area contributed by atoms with Gasteiger partial charge in [0.25, 0.3) is 0 Å². The van der Waals surface area contributed by atoms with Gasteiger partial charge in [0.15, 0.2) is 10.9 Å². The standard InChI is InChI=1S/C13H18N4OS/c1-4-5-17-9(2)6-11(10(17)3)12(18)7-19-13-14-8-15-16-13/h6,8H,4-5,7H2,1-3H3,(H,14,15,16). The molecule has 0 amide bonds. The quantitative estimate of drug-likeness (QED) is 0.651. The number of aryl methyl sites for hydroxylation is 1. The van der Waals surface area contributed by atoms with Crippen LogP contribution in [0.1, 0.15) is 35.1 Å². The number of hydrogen-bond donors (Lipinski definition) is 1. The molecule has 0 unspecified atom stereocenters. The van der Waals surface area contributed by atoms with Gasteiger partial charge in [0.2, 0.25) is 0 Å². The lowest BCUT2D eigenvalue weighted by Crippen LogP contribution is -2.06. The summed E-state index contributed by atoms with van der Waals surface area (Å²) in [6.07, 6.45) is 2.51. The second-order valence-electron chi connectivity index (χ2n) is 4.44. The number of nitrogens with zero attached hydrogens (tertiary/aromatic N) is 3. The van der Waals surface area contributed by atoms with Crippen LogP contribution in [0.15, 0.2) is 17.6 Å². The van der Waals surface area contributed by atoms with Crippen molar-refractivity contribution >= 4 is 17.5 Å². The van der Waals surface area contributed by atoms with Crippen LogP contribution in [0.3, 0.4) is 0 Å². The van der Waals surface area contributed by atoms with Crippen LogP contribution in [0.2, 0.25) is 0 Å². The molecule has 0 aliphatic rings. The average Bonchev–Trinajstić information content (AvgIpc) is 2.99. The molecule has 5 nitrogen and oxygen atoms in total. The number of rotatable bonds is 6. The van der Waals surface area contributed by atoms with Gasteiger partial charge in [0.05, 0.1) is 5.75 Å². The molecule has 0 aliphatic carbocycles. The van der Waals surface area contributed by atoms with E-state index in [-0.39, 0.29) is 5.78 Å². The SMILES string of the molecule is CCCn1c(C)cc(C(=O)CSc2ncn[nH]2)c1C. The second kappa shape index (κ2) is 6.06. The monoisotopic (exact) mass is 278 g/mol. The number of carbonyl (C=O) groups is 1. The largest absolute Gasteiger partial charge is 0.348 e. The average molecular weight is 278 g/mol. The summed E-state index contributed by atoms with van der Waals surface area (Å²) < 4.78 is 2.20. The lowest BCUT2D eigenvalue weighted by Gasteiger charge is -2.07. The Labute approximate surface area is 116 Å². The van der Waals surface area contributed by atoms with Gasteiger partial charge in [-0.15, -0.1) is 0 Å². The molecule has 0 aliphatic heterocycles. The molecule has 1 N–H and O–H groups in total. The molecule has 0 saturated heterocycles. The van der Waals surface area contributed by atoms with E-state index in [2.05, 4.69) is 26.7 Å². The number of aromatic nitrogens is 4. The fraction of sp³-hybridized carbons (Fsp3) is 0.462. The van der Waals surface area contributed by atoms with E-state index in [1.54, 1.807) is 0 Å². The van der Waals surface area contributed by atoms with Gasteiger partial charge in [-0.2, -0.15) is 5.10 Å². The molecule has 0 bridgehead atoms. The van der Waals surface area contributed by atoms with Gasteiger partial charge < -0.3 is 4.57 Å². The number of nitrogens with one attached hydrogen (secondary N) is 1. The van der Waals surface area contributed by atoms with E-state index >= 15 is 0 Å². The number of carbonyl (C=O) groups excluding carboxylic acids is 1. The smallest absolute Gasteiger partial charge is 0.183 e. The molecule has 0 atom stereocenters. The summed E-state index contributed by atoms with van der Waals surface area (Å²) in [5.74, 6) is 0.517. The molecule has 0 radical (unpaired) electrons. The summed E-state index contributed by atoms with van der Waals surface area (Å²) in [5, 5.41) is 7.18. The zero-order valence-corrected chi connectivity index (χ0v) is 12.3. The van der Waals surface area contributed by atoms with Gasteiger partial charge in [-0.3, -0.25) is 9.89 Å². The summed E-state index contributed by atoms with van der Waals surface area (Å²) in [4.78, 5) is 16.2. The molecular weight excluding hydrogens is 260 g/mol. The summed E-state index contributed by atoms with van der Waals surface area (Å²) in [6.45, 7) is 7.15. The van der Waals surface area contributed by atoms with Crippen LogP contribution in [0.4, 0.5) is 0 Å². The number of hydrogen-bond acceptors (Lipinski definition) is 4. The minimum atomic E-state index is 0.136. The molecule has 2 aromatic rings. The van der Waals surface area contributed by atoms with E-state index in [4.69, 9.17) is 0 Å². The Kier molecular flexibility index (Phi) is 4.42. The third-order valence-electron chi connectivity index (χ3n) is 3.05. The van der Waals surface area contributed by atoms with Crippen LogP contribution in [0.5, 0.6) is 0 Å². The Bertz CT molecular complexity index is 559. The van der Waals surface area contributed by atoms with Crippen LogP contribution in [0.25, 0.3) is 0 Å². The van der Waals surface area contributed by atoms with Gasteiger partial charge in [0.1, 0.15) is 6.33 Å². The van der Waals surface area contributed by atoms with Crippen LogP contribution in [-0.2, 0) is 6.54 Å². The maximum Gasteiger partial charge on any atom is 0.183 e. The van der Waals surface area contributed by atoms with E-state index in [9.17, 15) is 4.79 Å².